The van der Waals surface area contributed by atoms with Crippen LogP contribution in [0.4, 0.5) is 13.2 Å². The molecule has 0 saturated carbocycles. The lowest BCUT2D eigenvalue weighted by molar-refractivity contribution is -0.136. The third kappa shape index (κ3) is 5.20. The number of H-pyrrole nitrogens is 1. The number of aliphatic carboxylic acids is 1. The lowest BCUT2D eigenvalue weighted by Gasteiger charge is -2.35. The van der Waals surface area contributed by atoms with E-state index in [0.717, 1.165) is 23.4 Å². The van der Waals surface area contributed by atoms with E-state index >= 15 is 8.78 Å². The Morgan fingerprint density at radius 3 is 2.69 bits per heavy atom. The van der Waals surface area contributed by atoms with Gasteiger partial charge in [0, 0.05) is 48.5 Å². The Labute approximate surface area is 256 Å². The summed E-state index contributed by atoms with van der Waals surface area (Å²) in [6.45, 7) is 2.34. The van der Waals surface area contributed by atoms with Gasteiger partial charge in [0.1, 0.15) is 28.0 Å². The first-order valence-corrected chi connectivity index (χ1v) is 15.9. The minimum Gasteiger partial charge on any atom is -0.493 e. The van der Waals surface area contributed by atoms with E-state index < -0.39 is 49.3 Å². The van der Waals surface area contributed by atoms with E-state index in [1.165, 1.54) is 24.4 Å². The van der Waals surface area contributed by atoms with Gasteiger partial charge in [0.15, 0.2) is 21.4 Å². The van der Waals surface area contributed by atoms with Crippen LogP contribution in [0.2, 0.25) is 0 Å². The standard InChI is InChI=1S/C32H28F3N3O6S/c1-32(12-14-43-28-17(7-10-24(39)40)5-4-6-21(28)32)23-16-38(2)31(37-23)20-15-18(8-9-22(20)33)44-29-26(35)25(34)27-19(11-13-36-27)30(29)45(3,41)42/h4-6,8-9,11,13,15-16,36H,7,10,12,14H2,1-3H3,(H,39,40). The largest absolute Gasteiger partial charge is 0.493 e. The summed E-state index contributed by atoms with van der Waals surface area (Å²) in [5.41, 5.74) is 1.20. The summed E-state index contributed by atoms with van der Waals surface area (Å²) in [5, 5.41) is 9.09. The molecule has 0 radical (unpaired) electrons. The van der Waals surface area contributed by atoms with Crippen molar-refractivity contribution in [3.8, 4) is 28.6 Å². The number of imidazole rings is 1. The summed E-state index contributed by atoms with van der Waals surface area (Å²) in [4.78, 5) is 17.9. The highest BCUT2D eigenvalue weighted by molar-refractivity contribution is 7.91. The fourth-order valence-corrected chi connectivity index (χ4v) is 6.89. The number of rotatable bonds is 8. The average Bonchev–Trinajstić information content (AvgIpc) is 3.62. The van der Waals surface area contributed by atoms with Gasteiger partial charge >= 0.3 is 5.97 Å². The number of halogens is 3. The maximum atomic E-state index is 15.3. The number of carboxylic acids is 1. The monoisotopic (exact) mass is 639 g/mol. The highest BCUT2D eigenvalue weighted by Crippen LogP contribution is 2.46. The second kappa shape index (κ2) is 11.0. The molecule has 0 spiro atoms. The molecule has 6 rings (SSSR count). The SMILES string of the molecule is Cn1cc(C2(C)CCOc3c(CCC(=O)O)cccc32)nc1-c1cc(Oc2c(F)c(F)c3[nH]ccc3c2S(C)(=O)=O)ccc1F. The molecule has 234 valence electrons. The summed E-state index contributed by atoms with van der Waals surface area (Å²) in [6.07, 6.45) is 4.69. The van der Waals surface area contributed by atoms with Crippen molar-refractivity contribution in [3.05, 3.63) is 89.1 Å². The minimum absolute atomic E-state index is 0.0168. The van der Waals surface area contributed by atoms with Gasteiger partial charge in [-0.25, -0.2) is 22.2 Å². The maximum absolute atomic E-state index is 15.3. The van der Waals surface area contributed by atoms with Crippen LogP contribution in [0.5, 0.6) is 17.2 Å². The van der Waals surface area contributed by atoms with Crippen molar-refractivity contribution in [2.75, 3.05) is 12.9 Å². The van der Waals surface area contributed by atoms with Crippen molar-refractivity contribution in [2.24, 2.45) is 7.05 Å². The number of para-hydroxylation sites is 1. The van der Waals surface area contributed by atoms with Crippen molar-refractivity contribution in [1.29, 1.82) is 0 Å². The highest BCUT2D eigenvalue weighted by Gasteiger charge is 2.39. The van der Waals surface area contributed by atoms with Crippen LogP contribution in [-0.2, 0) is 33.5 Å². The number of nitrogens with one attached hydrogen (secondary N) is 1. The normalized spacial score (nSPS) is 16.4. The molecule has 0 fully saturated rings. The first-order valence-electron chi connectivity index (χ1n) is 14.0. The van der Waals surface area contributed by atoms with Crippen LogP contribution >= 0.6 is 0 Å². The van der Waals surface area contributed by atoms with Crippen LogP contribution < -0.4 is 9.47 Å². The molecule has 2 N–H and O–H groups in total. The smallest absolute Gasteiger partial charge is 0.303 e. The number of carboxylic acid groups (broad SMARTS) is 1. The molecular weight excluding hydrogens is 611 g/mol. The Balaban J connectivity index is 1.41. The van der Waals surface area contributed by atoms with Gasteiger partial charge < -0.3 is 24.1 Å². The Bertz CT molecular complexity index is 2110. The minimum atomic E-state index is -4.10. The van der Waals surface area contributed by atoms with Crippen LogP contribution in [0, 0.1) is 17.5 Å². The highest BCUT2D eigenvalue weighted by atomic mass is 32.2. The molecule has 0 saturated heterocycles. The molecule has 1 aliphatic heterocycles. The Morgan fingerprint density at radius 2 is 1.96 bits per heavy atom. The van der Waals surface area contributed by atoms with Crippen molar-refractivity contribution in [1.82, 2.24) is 14.5 Å². The lowest BCUT2D eigenvalue weighted by atomic mass is 9.74. The fourth-order valence-electron chi connectivity index (χ4n) is 5.86. The number of fused-ring (bicyclic) bond motifs is 2. The molecule has 3 heterocycles. The van der Waals surface area contributed by atoms with E-state index in [9.17, 15) is 22.7 Å². The van der Waals surface area contributed by atoms with Gasteiger partial charge in [-0.1, -0.05) is 18.2 Å². The molecule has 3 aromatic carbocycles. The van der Waals surface area contributed by atoms with Crippen LogP contribution in [-0.4, -0.2) is 46.9 Å². The van der Waals surface area contributed by atoms with Crippen LogP contribution in [0.1, 0.15) is 36.6 Å². The summed E-state index contributed by atoms with van der Waals surface area (Å²) < 4.78 is 84.0. The molecule has 2 aromatic heterocycles. The molecule has 0 bridgehead atoms. The molecule has 5 aromatic rings. The number of carbonyl (C=O) groups is 1. The molecule has 1 aliphatic rings. The number of nitrogens with zero attached hydrogens (tertiary/aromatic N) is 2. The number of aromatic amines is 1. The first-order chi connectivity index (χ1) is 21.3. The Morgan fingerprint density at radius 1 is 1.18 bits per heavy atom. The number of aryl methyl sites for hydroxylation is 2. The van der Waals surface area contributed by atoms with E-state index in [-0.39, 0.29) is 34.5 Å². The number of ether oxygens (including phenoxy) is 2. The van der Waals surface area contributed by atoms with E-state index in [2.05, 4.69) is 4.98 Å². The topological polar surface area (TPSA) is 124 Å². The third-order valence-corrected chi connectivity index (χ3v) is 9.32. The van der Waals surface area contributed by atoms with Gasteiger partial charge in [-0.15, -0.1) is 0 Å². The quantitative estimate of drug-likeness (QED) is 0.191. The molecule has 1 unspecified atom stereocenters. The second-order valence-electron chi connectivity index (χ2n) is 11.2. The molecular formula is C32H28F3N3O6S. The Hall–Kier alpha value is -4.78. The number of benzene rings is 3. The predicted octanol–water partition coefficient (Wildman–Crippen LogP) is 6.29. The molecule has 13 heteroatoms. The summed E-state index contributed by atoms with van der Waals surface area (Å²) in [5.74, 6) is -4.58. The first kappa shape index (κ1) is 30.3. The lowest BCUT2D eigenvalue weighted by Crippen LogP contribution is -2.32. The summed E-state index contributed by atoms with van der Waals surface area (Å²) in [7, 11) is -2.42. The zero-order chi connectivity index (χ0) is 32.3. The predicted molar refractivity (Wildman–Crippen MR) is 159 cm³/mol. The molecule has 1 atom stereocenters. The average molecular weight is 640 g/mol. The van der Waals surface area contributed by atoms with Gasteiger partial charge in [-0.05, 0) is 49.6 Å². The summed E-state index contributed by atoms with van der Waals surface area (Å²) in [6, 6.07) is 10.4. The number of hydrogen-bond acceptors (Lipinski definition) is 6. The maximum Gasteiger partial charge on any atom is 0.303 e. The molecule has 45 heavy (non-hydrogen) atoms. The number of hydrogen-bond donors (Lipinski definition) is 2. The van der Waals surface area contributed by atoms with Crippen LogP contribution in [0.3, 0.4) is 0 Å². The van der Waals surface area contributed by atoms with Crippen LogP contribution in [0.15, 0.2) is 59.8 Å². The van der Waals surface area contributed by atoms with Gasteiger partial charge in [0.25, 0.3) is 0 Å². The Kier molecular flexibility index (Phi) is 7.39. The number of aromatic nitrogens is 3. The molecule has 0 aliphatic carbocycles. The molecule has 0 amide bonds. The van der Waals surface area contributed by atoms with Crippen molar-refractivity contribution in [3.63, 3.8) is 0 Å². The van der Waals surface area contributed by atoms with E-state index in [1.807, 2.05) is 25.1 Å². The zero-order valence-corrected chi connectivity index (χ0v) is 25.3. The van der Waals surface area contributed by atoms with Crippen molar-refractivity contribution < 1.29 is 41.0 Å². The molecule has 9 nitrogen and oxygen atoms in total. The fraction of sp³-hybridized carbons (Fsp3) is 0.250. The second-order valence-corrected chi connectivity index (χ2v) is 13.2. The van der Waals surface area contributed by atoms with Crippen LogP contribution in [0.25, 0.3) is 22.3 Å². The summed E-state index contributed by atoms with van der Waals surface area (Å²) >= 11 is 0. The van der Waals surface area contributed by atoms with E-state index in [0.29, 0.717) is 30.9 Å². The van der Waals surface area contributed by atoms with Crippen molar-refractivity contribution in [2.45, 2.75) is 36.5 Å². The zero-order valence-electron chi connectivity index (χ0n) is 24.4. The van der Waals surface area contributed by atoms with Gasteiger partial charge in [-0.2, -0.15) is 4.39 Å². The number of sulfone groups is 1. The third-order valence-electron chi connectivity index (χ3n) is 8.17. The van der Waals surface area contributed by atoms with Gasteiger partial charge in [0.2, 0.25) is 5.82 Å². The van der Waals surface area contributed by atoms with E-state index in [1.54, 1.807) is 17.8 Å². The van der Waals surface area contributed by atoms with Gasteiger partial charge in [0.05, 0.1) is 23.4 Å². The van der Waals surface area contributed by atoms with E-state index in [4.69, 9.17) is 14.5 Å². The van der Waals surface area contributed by atoms with Gasteiger partial charge in [-0.3, -0.25) is 4.79 Å². The van der Waals surface area contributed by atoms with Crippen molar-refractivity contribution >= 4 is 26.7 Å².